The normalized spacial score (nSPS) is 17.2. The van der Waals surface area contributed by atoms with Gasteiger partial charge >= 0.3 is 0 Å². The predicted molar refractivity (Wildman–Crippen MR) is 92.3 cm³/mol. The third-order valence-electron chi connectivity index (χ3n) is 5.06. The van der Waals surface area contributed by atoms with Crippen molar-refractivity contribution in [3.05, 3.63) is 40.8 Å². The lowest BCUT2D eigenvalue weighted by Crippen LogP contribution is -2.45. The van der Waals surface area contributed by atoms with Gasteiger partial charge in [-0.05, 0) is 44.2 Å². The highest BCUT2D eigenvalue weighted by atomic mass is 16.2. The minimum Gasteiger partial charge on any atom is -0.355 e. The second-order valence-electron chi connectivity index (χ2n) is 6.60. The summed E-state index contributed by atoms with van der Waals surface area (Å²) in [4.78, 5) is 19.0. The number of hydrogen-bond acceptors (Lipinski definition) is 5. The first-order valence-corrected chi connectivity index (χ1v) is 8.73. The number of rotatable bonds is 3. The highest BCUT2D eigenvalue weighted by molar-refractivity contribution is 5.94. The molecule has 0 atom stereocenters. The monoisotopic (exact) mass is 336 g/mol. The van der Waals surface area contributed by atoms with Gasteiger partial charge in [0.15, 0.2) is 5.69 Å². The first-order valence-electron chi connectivity index (χ1n) is 8.73. The third-order valence-corrected chi connectivity index (χ3v) is 5.06. The fraction of sp³-hybridized carbons (Fsp3) is 0.444. The van der Waals surface area contributed by atoms with Gasteiger partial charge in [-0.3, -0.25) is 9.89 Å². The molecule has 2 aliphatic rings. The van der Waals surface area contributed by atoms with Crippen LogP contribution in [0.2, 0.25) is 0 Å². The molecule has 128 valence electrons. The molecule has 7 heteroatoms. The van der Waals surface area contributed by atoms with Crippen molar-refractivity contribution >= 4 is 11.7 Å². The number of piperidine rings is 1. The Labute approximate surface area is 146 Å². The van der Waals surface area contributed by atoms with Gasteiger partial charge in [-0.2, -0.15) is 10.4 Å². The van der Waals surface area contributed by atoms with Gasteiger partial charge in [-0.25, -0.2) is 4.98 Å². The van der Waals surface area contributed by atoms with E-state index in [1.165, 1.54) is 0 Å². The summed E-state index contributed by atoms with van der Waals surface area (Å²) in [5.41, 5.74) is 3.35. The number of H-pyrrole nitrogens is 1. The fourth-order valence-electron chi connectivity index (χ4n) is 3.73. The number of aromatic amines is 1. The fourth-order valence-corrected chi connectivity index (χ4v) is 3.73. The molecule has 1 aliphatic heterocycles. The van der Waals surface area contributed by atoms with Gasteiger partial charge in [-0.15, -0.1) is 0 Å². The highest BCUT2D eigenvalue weighted by Gasteiger charge is 2.27. The predicted octanol–water partition coefficient (Wildman–Crippen LogP) is 1.56. The summed E-state index contributed by atoms with van der Waals surface area (Å²) in [6, 6.07) is 5.89. The number of aryl methyl sites for hydroxylation is 1. The smallest absolute Gasteiger partial charge is 0.272 e. The Morgan fingerprint density at radius 1 is 1.36 bits per heavy atom. The van der Waals surface area contributed by atoms with Crippen LogP contribution in [0.3, 0.4) is 0 Å². The van der Waals surface area contributed by atoms with E-state index in [0.717, 1.165) is 62.3 Å². The summed E-state index contributed by atoms with van der Waals surface area (Å²) >= 11 is 0. The van der Waals surface area contributed by atoms with Gasteiger partial charge in [0.25, 0.3) is 5.91 Å². The number of anilines is 1. The van der Waals surface area contributed by atoms with Crippen molar-refractivity contribution in [3.8, 4) is 6.07 Å². The molecule has 3 heterocycles. The molecule has 0 radical (unpaired) electrons. The molecule has 0 aromatic carbocycles. The van der Waals surface area contributed by atoms with E-state index in [1.807, 2.05) is 0 Å². The molecule has 2 N–H and O–H groups in total. The van der Waals surface area contributed by atoms with Gasteiger partial charge in [0.2, 0.25) is 0 Å². The summed E-state index contributed by atoms with van der Waals surface area (Å²) in [6.07, 6.45) is 6.39. The molecule has 1 saturated heterocycles. The van der Waals surface area contributed by atoms with Gasteiger partial charge < -0.3 is 10.2 Å². The maximum Gasteiger partial charge on any atom is 0.272 e. The molecular formula is C18H20N6O. The Bertz CT molecular complexity index is 828. The molecule has 0 spiro atoms. The number of hydrogen-bond donors (Lipinski definition) is 2. The van der Waals surface area contributed by atoms with Gasteiger partial charge in [0.05, 0.1) is 5.56 Å². The van der Waals surface area contributed by atoms with Gasteiger partial charge in [0.1, 0.15) is 11.9 Å². The largest absolute Gasteiger partial charge is 0.355 e. The number of fused-ring (bicyclic) bond motifs is 1. The van der Waals surface area contributed by atoms with Crippen molar-refractivity contribution in [2.24, 2.45) is 0 Å². The summed E-state index contributed by atoms with van der Waals surface area (Å²) in [6.45, 7) is 1.55. The average molecular weight is 336 g/mol. The maximum atomic E-state index is 12.5. The number of amides is 1. The highest BCUT2D eigenvalue weighted by Crippen LogP contribution is 2.24. The van der Waals surface area contributed by atoms with Crippen molar-refractivity contribution < 1.29 is 4.79 Å². The van der Waals surface area contributed by atoms with E-state index in [0.29, 0.717) is 11.3 Å². The Morgan fingerprint density at radius 2 is 2.20 bits per heavy atom. The summed E-state index contributed by atoms with van der Waals surface area (Å²) < 4.78 is 0. The average Bonchev–Trinajstić information content (AvgIpc) is 3.26. The molecule has 0 saturated carbocycles. The van der Waals surface area contributed by atoms with Crippen molar-refractivity contribution in [2.45, 2.75) is 38.1 Å². The second-order valence-corrected chi connectivity index (χ2v) is 6.60. The third kappa shape index (κ3) is 2.95. The molecule has 2 aromatic heterocycles. The molecule has 2 aromatic rings. The van der Waals surface area contributed by atoms with E-state index in [2.05, 4.69) is 31.5 Å². The topological polar surface area (TPSA) is 97.7 Å². The van der Waals surface area contributed by atoms with E-state index in [9.17, 15) is 10.1 Å². The van der Waals surface area contributed by atoms with E-state index in [4.69, 9.17) is 0 Å². The number of carbonyl (C=O) groups excluding carboxylic acids is 1. The summed E-state index contributed by atoms with van der Waals surface area (Å²) in [5, 5.41) is 19.5. The molecule has 7 nitrogen and oxygen atoms in total. The van der Waals surface area contributed by atoms with Crippen molar-refractivity contribution in [1.29, 1.82) is 5.26 Å². The standard InChI is InChI=1S/C18H20N6O/c19-11-12-3-2-8-20-17(12)24-9-6-13(7-10-24)21-18(25)16-14-4-1-5-15(14)22-23-16/h2-3,8,13H,1,4-7,9-10H2,(H,21,25)(H,22,23). The van der Waals surface area contributed by atoms with E-state index < -0.39 is 0 Å². The molecule has 25 heavy (non-hydrogen) atoms. The Morgan fingerprint density at radius 3 is 3.00 bits per heavy atom. The summed E-state index contributed by atoms with van der Waals surface area (Å²) in [5.74, 6) is 0.660. The van der Waals surface area contributed by atoms with Crippen LogP contribution in [0.1, 0.15) is 46.6 Å². The molecule has 0 unspecified atom stereocenters. The number of carbonyl (C=O) groups is 1. The molecule has 4 rings (SSSR count). The van der Waals surface area contributed by atoms with Crippen molar-refractivity contribution in [1.82, 2.24) is 20.5 Å². The minimum atomic E-state index is -0.0756. The first kappa shape index (κ1) is 15.6. The maximum absolute atomic E-state index is 12.5. The van der Waals surface area contributed by atoms with Crippen LogP contribution in [0.15, 0.2) is 18.3 Å². The zero-order valence-corrected chi connectivity index (χ0v) is 14.0. The Balaban J connectivity index is 1.37. The minimum absolute atomic E-state index is 0.0756. The SMILES string of the molecule is N#Cc1cccnc1N1CCC(NC(=O)c2n[nH]c3c2CCC3)CC1. The lowest BCUT2D eigenvalue weighted by molar-refractivity contribution is 0.0925. The number of nitriles is 1. The van der Waals surface area contributed by atoms with Crippen molar-refractivity contribution in [3.63, 3.8) is 0 Å². The van der Waals surface area contributed by atoms with Gasteiger partial charge in [0, 0.05) is 36.6 Å². The second kappa shape index (κ2) is 6.55. The van der Waals surface area contributed by atoms with Crippen molar-refractivity contribution in [2.75, 3.05) is 18.0 Å². The van der Waals surface area contributed by atoms with Crippen LogP contribution in [0.5, 0.6) is 0 Å². The van der Waals surface area contributed by atoms with Crippen LogP contribution in [0.4, 0.5) is 5.82 Å². The van der Waals surface area contributed by atoms with Crippen LogP contribution in [0, 0.1) is 11.3 Å². The molecule has 1 fully saturated rings. The molecular weight excluding hydrogens is 316 g/mol. The Kier molecular flexibility index (Phi) is 4.10. The van der Waals surface area contributed by atoms with E-state index >= 15 is 0 Å². The molecule has 1 amide bonds. The zero-order valence-electron chi connectivity index (χ0n) is 14.0. The van der Waals surface area contributed by atoms with E-state index in [1.54, 1.807) is 18.3 Å². The molecule has 1 aliphatic carbocycles. The first-order chi connectivity index (χ1) is 12.3. The van der Waals surface area contributed by atoms with Crippen LogP contribution in [-0.2, 0) is 12.8 Å². The van der Waals surface area contributed by atoms with E-state index in [-0.39, 0.29) is 11.9 Å². The quantitative estimate of drug-likeness (QED) is 0.886. The number of aromatic nitrogens is 3. The van der Waals surface area contributed by atoms with Crippen LogP contribution < -0.4 is 10.2 Å². The van der Waals surface area contributed by atoms with Crippen LogP contribution in [-0.4, -0.2) is 40.2 Å². The number of pyridine rings is 1. The molecule has 0 bridgehead atoms. The van der Waals surface area contributed by atoms with Gasteiger partial charge in [-0.1, -0.05) is 0 Å². The van der Waals surface area contributed by atoms with Crippen LogP contribution >= 0.6 is 0 Å². The lowest BCUT2D eigenvalue weighted by Gasteiger charge is -2.33. The lowest BCUT2D eigenvalue weighted by atomic mass is 10.0. The number of nitrogens with one attached hydrogen (secondary N) is 2. The zero-order chi connectivity index (χ0) is 17.2. The summed E-state index contributed by atoms with van der Waals surface area (Å²) in [7, 11) is 0. The Hall–Kier alpha value is -2.88. The van der Waals surface area contributed by atoms with Crippen LogP contribution in [0.25, 0.3) is 0 Å². The number of nitrogens with zero attached hydrogens (tertiary/aromatic N) is 4.